The number of hydrogen-bond donors (Lipinski definition) is 6. The van der Waals surface area contributed by atoms with Crippen molar-refractivity contribution in [2.45, 2.75) is 5.75 Å². The Morgan fingerprint density at radius 2 is 1.30 bits per heavy atom. The Kier molecular flexibility index (Phi) is 9.71. The molecule has 0 bridgehead atoms. The van der Waals surface area contributed by atoms with Gasteiger partial charge in [0.05, 0.1) is 24.3 Å². The minimum Gasteiger partial charge on any atom is -0.395 e. The van der Waals surface area contributed by atoms with E-state index in [1.165, 1.54) is 0 Å². The summed E-state index contributed by atoms with van der Waals surface area (Å²) in [6, 6.07) is 9.14. The molecule has 0 aliphatic heterocycles. The largest absolute Gasteiger partial charge is 0.395 e. The average molecular weight is 473 g/mol. The zero-order valence-corrected chi connectivity index (χ0v) is 19.7. The zero-order valence-electron chi connectivity index (χ0n) is 18.9. The number of thioether (sulfide) groups is 1. The number of anilines is 2. The highest BCUT2D eigenvalue weighted by molar-refractivity contribution is 7.97. The lowest BCUT2D eigenvalue weighted by Crippen LogP contribution is -2.29. The van der Waals surface area contributed by atoms with Crippen molar-refractivity contribution in [1.82, 2.24) is 10.6 Å². The molecule has 2 aromatic carbocycles. The van der Waals surface area contributed by atoms with Gasteiger partial charge in [-0.05, 0) is 24.0 Å². The maximum Gasteiger partial charge on any atom is 0.196 e. The quantitative estimate of drug-likeness (QED) is 0.193. The van der Waals surface area contributed by atoms with Gasteiger partial charge in [-0.1, -0.05) is 18.2 Å². The molecule has 0 fully saturated rings. The molecule has 8 nitrogen and oxygen atoms in total. The van der Waals surface area contributed by atoms with Crippen LogP contribution in [0.2, 0.25) is 0 Å². The molecule has 0 aromatic heterocycles. The van der Waals surface area contributed by atoms with Crippen LogP contribution >= 0.6 is 11.8 Å². The molecule has 9 heteroatoms. The molecular weight excluding hydrogens is 440 g/mol. The normalized spacial score (nSPS) is 12.5. The van der Waals surface area contributed by atoms with Crippen molar-refractivity contribution in [3.63, 3.8) is 0 Å². The topological polar surface area (TPSA) is 123 Å². The summed E-state index contributed by atoms with van der Waals surface area (Å²) in [4.78, 5) is 27.4. The van der Waals surface area contributed by atoms with Gasteiger partial charge in [-0.3, -0.25) is 9.59 Å². The maximum atomic E-state index is 13.8. The van der Waals surface area contributed by atoms with Crippen LogP contribution in [0.5, 0.6) is 0 Å². The van der Waals surface area contributed by atoms with Crippen LogP contribution in [0.1, 0.15) is 37.4 Å². The number of aliphatic hydroxyl groups is 2. The molecule has 0 radical (unpaired) electrons. The molecule has 0 unspecified atom stereocenters. The number of fused-ring (bicyclic) bond motifs is 2. The maximum absolute atomic E-state index is 13.8. The molecule has 1 aliphatic carbocycles. The standard InChI is InChI=1S/C24H32N4O4S/c1-33-15-16-3-2-4-17-20(16)24(32)22-19(28-10-8-26-12-14-30)6-5-18(21(22)23(17)31)27-9-7-25-11-13-29/h2-6,25-30H,7-15H2,1H3. The fourth-order valence-corrected chi connectivity index (χ4v) is 4.49. The van der Waals surface area contributed by atoms with Gasteiger partial charge in [0, 0.05) is 67.5 Å². The second kappa shape index (κ2) is 12.7. The Hall–Kier alpha value is -2.43. The van der Waals surface area contributed by atoms with E-state index in [0.717, 1.165) is 5.56 Å². The van der Waals surface area contributed by atoms with E-state index < -0.39 is 0 Å². The molecule has 6 N–H and O–H groups in total. The second-order valence-corrected chi connectivity index (χ2v) is 8.51. The van der Waals surface area contributed by atoms with Crippen LogP contribution < -0.4 is 21.3 Å². The molecule has 0 saturated heterocycles. The van der Waals surface area contributed by atoms with Crippen LogP contribution in [-0.2, 0) is 5.75 Å². The molecule has 2 aromatic rings. The lowest BCUT2D eigenvalue weighted by atomic mass is 9.80. The summed E-state index contributed by atoms with van der Waals surface area (Å²) in [5, 5.41) is 30.6. The van der Waals surface area contributed by atoms with Crippen molar-refractivity contribution in [2.24, 2.45) is 0 Å². The van der Waals surface area contributed by atoms with Crippen molar-refractivity contribution in [2.75, 3.05) is 69.4 Å². The highest BCUT2D eigenvalue weighted by atomic mass is 32.2. The third-order valence-corrected chi connectivity index (χ3v) is 5.99. The molecule has 33 heavy (non-hydrogen) atoms. The van der Waals surface area contributed by atoms with Gasteiger partial charge in [0.15, 0.2) is 11.6 Å². The molecule has 0 amide bonds. The third-order valence-electron chi connectivity index (χ3n) is 5.39. The van der Waals surface area contributed by atoms with E-state index in [0.29, 0.717) is 78.6 Å². The Morgan fingerprint density at radius 3 is 1.85 bits per heavy atom. The van der Waals surface area contributed by atoms with Crippen LogP contribution in [0.3, 0.4) is 0 Å². The van der Waals surface area contributed by atoms with E-state index in [-0.39, 0.29) is 24.8 Å². The Bertz CT molecular complexity index is 983. The number of ketones is 2. The predicted molar refractivity (Wildman–Crippen MR) is 134 cm³/mol. The van der Waals surface area contributed by atoms with Crippen molar-refractivity contribution in [3.8, 4) is 0 Å². The molecule has 0 saturated carbocycles. The summed E-state index contributed by atoms with van der Waals surface area (Å²) < 4.78 is 0. The number of hydrogen-bond acceptors (Lipinski definition) is 9. The van der Waals surface area contributed by atoms with Gasteiger partial charge < -0.3 is 31.5 Å². The van der Waals surface area contributed by atoms with E-state index >= 15 is 0 Å². The van der Waals surface area contributed by atoms with Crippen molar-refractivity contribution in [1.29, 1.82) is 0 Å². The van der Waals surface area contributed by atoms with Crippen LogP contribution in [0.15, 0.2) is 30.3 Å². The van der Waals surface area contributed by atoms with Gasteiger partial charge in [0.1, 0.15) is 0 Å². The number of benzene rings is 2. The Morgan fingerprint density at radius 1 is 0.727 bits per heavy atom. The summed E-state index contributed by atoms with van der Waals surface area (Å²) in [7, 11) is 0. The lowest BCUT2D eigenvalue weighted by molar-refractivity contribution is 0.0979. The first-order valence-corrected chi connectivity index (χ1v) is 12.5. The number of carbonyl (C=O) groups excluding carboxylic acids is 2. The van der Waals surface area contributed by atoms with Crippen LogP contribution in [-0.4, -0.2) is 80.5 Å². The molecule has 0 heterocycles. The van der Waals surface area contributed by atoms with E-state index in [4.69, 9.17) is 10.2 Å². The zero-order chi connectivity index (χ0) is 23.6. The number of rotatable bonds is 14. The van der Waals surface area contributed by atoms with Gasteiger partial charge >= 0.3 is 0 Å². The number of carbonyl (C=O) groups is 2. The Labute approximate surface area is 198 Å². The van der Waals surface area contributed by atoms with E-state index in [2.05, 4.69) is 21.3 Å². The summed E-state index contributed by atoms with van der Waals surface area (Å²) >= 11 is 1.61. The Balaban J connectivity index is 1.96. The predicted octanol–water partition coefficient (Wildman–Crippen LogP) is 1.31. The monoisotopic (exact) mass is 472 g/mol. The highest BCUT2D eigenvalue weighted by Crippen LogP contribution is 2.38. The van der Waals surface area contributed by atoms with Gasteiger partial charge in [-0.15, -0.1) is 0 Å². The minimum absolute atomic E-state index is 0.0604. The van der Waals surface area contributed by atoms with Crippen molar-refractivity contribution < 1.29 is 19.8 Å². The fourth-order valence-electron chi connectivity index (χ4n) is 3.94. The fraction of sp³-hybridized carbons (Fsp3) is 0.417. The SMILES string of the molecule is CSCc1cccc2c1C(=O)c1c(NCCNCCO)ccc(NCCNCCO)c1C2=O. The van der Waals surface area contributed by atoms with Gasteiger partial charge in [-0.25, -0.2) is 0 Å². The third kappa shape index (κ3) is 5.93. The van der Waals surface area contributed by atoms with Crippen LogP contribution in [0, 0.1) is 0 Å². The highest BCUT2D eigenvalue weighted by Gasteiger charge is 2.35. The van der Waals surface area contributed by atoms with E-state index in [9.17, 15) is 9.59 Å². The molecule has 0 atom stereocenters. The first kappa shape index (κ1) is 25.2. The van der Waals surface area contributed by atoms with E-state index in [1.807, 2.05) is 30.5 Å². The lowest BCUT2D eigenvalue weighted by Gasteiger charge is -2.25. The summed E-state index contributed by atoms with van der Waals surface area (Å²) in [6.45, 7) is 3.43. The first-order chi connectivity index (χ1) is 16.1. The van der Waals surface area contributed by atoms with E-state index in [1.54, 1.807) is 17.8 Å². The molecule has 3 rings (SSSR count). The summed E-state index contributed by atoms with van der Waals surface area (Å²) in [5.41, 5.74) is 3.85. The van der Waals surface area contributed by atoms with Gasteiger partial charge in [0.25, 0.3) is 0 Å². The molecular formula is C24H32N4O4S. The molecule has 1 aliphatic rings. The smallest absolute Gasteiger partial charge is 0.196 e. The average Bonchev–Trinajstić information content (AvgIpc) is 2.82. The van der Waals surface area contributed by atoms with Crippen molar-refractivity contribution >= 4 is 34.7 Å². The molecule has 178 valence electrons. The second-order valence-electron chi connectivity index (χ2n) is 7.64. The van der Waals surface area contributed by atoms with Crippen molar-refractivity contribution in [3.05, 3.63) is 58.1 Å². The van der Waals surface area contributed by atoms with Crippen LogP contribution in [0.25, 0.3) is 0 Å². The summed E-state index contributed by atoms with van der Waals surface area (Å²) in [5.74, 6) is 0.354. The van der Waals surface area contributed by atoms with Crippen LogP contribution in [0.4, 0.5) is 11.4 Å². The summed E-state index contributed by atoms with van der Waals surface area (Å²) in [6.07, 6.45) is 1.97. The number of aliphatic hydroxyl groups excluding tert-OH is 2. The minimum atomic E-state index is -0.157. The van der Waals surface area contributed by atoms with Gasteiger partial charge in [-0.2, -0.15) is 11.8 Å². The molecule has 0 spiro atoms. The van der Waals surface area contributed by atoms with Gasteiger partial charge in [0.2, 0.25) is 0 Å². The number of nitrogens with one attached hydrogen (secondary N) is 4. The first-order valence-electron chi connectivity index (χ1n) is 11.1.